The number of rotatable bonds is 7. The van der Waals surface area contributed by atoms with Crippen molar-refractivity contribution >= 4 is 40.0 Å². The first-order valence-electron chi connectivity index (χ1n) is 11.9. The van der Waals surface area contributed by atoms with Crippen LogP contribution in [0.2, 0.25) is 0 Å². The van der Waals surface area contributed by atoms with Crippen molar-refractivity contribution in [3.8, 4) is 5.75 Å². The number of amides is 1. The maximum absolute atomic E-state index is 14.0. The second-order valence-electron chi connectivity index (χ2n) is 8.74. The molecule has 0 unspecified atom stereocenters. The second kappa shape index (κ2) is 9.85. The molecular formula is C28H25FN4O4. The minimum absolute atomic E-state index is 0.0646. The van der Waals surface area contributed by atoms with Crippen molar-refractivity contribution in [1.82, 2.24) is 9.97 Å². The van der Waals surface area contributed by atoms with Gasteiger partial charge in [-0.15, -0.1) is 0 Å². The second-order valence-corrected chi connectivity index (χ2v) is 8.74. The molecule has 0 atom stereocenters. The molecular weight excluding hydrogens is 475 g/mol. The third kappa shape index (κ3) is 4.55. The molecule has 3 heterocycles. The van der Waals surface area contributed by atoms with Crippen molar-refractivity contribution in [2.45, 2.75) is 19.8 Å². The Kier molecular flexibility index (Phi) is 6.43. The fraction of sp³-hybridized carbons (Fsp3) is 0.214. The lowest BCUT2D eigenvalue weighted by atomic mass is 10.0. The van der Waals surface area contributed by atoms with E-state index < -0.39 is 11.9 Å². The number of carbonyl (C=O) groups excluding carboxylic acids is 1. The number of hydrogen-bond acceptors (Lipinski definition) is 6. The lowest BCUT2D eigenvalue weighted by molar-refractivity contribution is -0.136. The monoisotopic (exact) mass is 500 g/mol. The third-order valence-electron chi connectivity index (χ3n) is 6.43. The number of aliphatic carboxylic acids is 1. The topological polar surface area (TPSA) is 95.9 Å². The van der Waals surface area contributed by atoms with Crippen molar-refractivity contribution < 1.29 is 23.8 Å². The van der Waals surface area contributed by atoms with E-state index >= 15 is 0 Å². The van der Waals surface area contributed by atoms with E-state index in [1.54, 1.807) is 42.4 Å². The Morgan fingerprint density at radius 3 is 2.62 bits per heavy atom. The number of carboxylic acid groups (broad SMARTS) is 1. The number of nitrogens with zero attached hydrogens (tertiary/aromatic N) is 4. The number of carboxylic acids is 1. The van der Waals surface area contributed by atoms with Gasteiger partial charge in [-0.3, -0.25) is 9.59 Å². The highest BCUT2D eigenvalue weighted by atomic mass is 19.1. The molecule has 4 aromatic rings. The number of anilines is 3. The molecule has 0 radical (unpaired) electrons. The van der Waals surface area contributed by atoms with E-state index in [0.29, 0.717) is 48.2 Å². The number of carbonyl (C=O) groups is 2. The van der Waals surface area contributed by atoms with E-state index in [4.69, 9.17) is 4.74 Å². The number of hydrogen-bond donors (Lipinski definition) is 1. The number of ether oxygens (including phenoxy) is 1. The quantitative estimate of drug-likeness (QED) is 0.365. The van der Waals surface area contributed by atoms with Gasteiger partial charge >= 0.3 is 5.97 Å². The fourth-order valence-corrected chi connectivity index (χ4v) is 4.63. The maximum Gasteiger partial charge on any atom is 0.307 e. The van der Waals surface area contributed by atoms with Crippen molar-refractivity contribution in [3.05, 3.63) is 83.4 Å². The van der Waals surface area contributed by atoms with Gasteiger partial charge in [-0.1, -0.05) is 30.3 Å². The Bertz CT molecular complexity index is 1520. The van der Waals surface area contributed by atoms with Crippen LogP contribution in [0.15, 0.2) is 60.8 Å². The lowest BCUT2D eigenvalue weighted by Gasteiger charge is -2.22. The average molecular weight is 501 g/mol. The zero-order valence-electron chi connectivity index (χ0n) is 20.4. The third-order valence-corrected chi connectivity index (χ3v) is 6.43. The molecule has 0 saturated heterocycles. The molecule has 1 aliphatic heterocycles. The number of aromatic nitrogens is 2. The van der Waals surface area contributed by atoms with Crippen LogP contribution in [0.3, 0.4) is 0 Å². The Balaban J connectivity index is 1.39. The van der Waals surface area contributed by atoms with E-state index in [-0.39, 0.29) is 12.3 Å². The highest BCUT2D eigenvalue weighted by molar-refractivity contribution is 6.12. The molecule has 2 aromatic heterocycles. The summed E-state index contributed by atoms with van der Waals surface area (Å²) in [6, 6.07) is 15.7. The van der Waals surface area contributed by atoms with Gasteiger partial charge < -0.3 is 19.6 Å². The van der Waals surface area contributed by atoms with Gasteiger partial charge in [-0.25, -0.2) is 4.98 Å². The lowest BCUT2D eigenvalue weighted by Crippen LogP contribution is -2.25. The highest BCUT2D eigenvalue weighted by Crippen LogP contribution is 2.38. The zero-order chi connectivity index (χ0) is 26.1. The van der Waals surface area contributed by atoms with Crippen LogP contribution in [0.25, 0.3) is 10.8 Å². The van der Waals surface area contributed by atoms with Gasteiger partial charge in [0.15, 0.2) is 5.82 Å². The van der Waals surface area contributed by atoms with Gasteiger partial charge in [0.2, 0.25) is 5.95 Å². The fourth-order valence-electron chi connectivity index (χ4n) is 4.63. The van der Waals surface area contributed by atoms with E-state index in [1.165, 1.54) is 11.0 Å². The number of benzene rings is 2. The minimum Gasteiger partial charge on any atom is -0.493 e. The van der Waals surface area contributed by atoms with Gasteiger partial charge in [0.05, 0.1) is 24.3 Å². The summed E-state index contributed by atoms with van der Waals surface area (Å²) in [7, 11) is 1.64. The van der Waals surface area contributed by atoms with Gasteiger partial charge in [0.1, 0.15) is 11.6 Å². The van der Waals surface area contributed by atoms with Crippen molar-refractivity contribution in [2.24, 2.45) is 0 Å². The molecule has 1 N–H and O–H groups in total. The molecule has 2 aromatic carbocycles. The van der Waals surface area contributed by atoms with Crippen LogP contribution >= 0.6 is 0 Å². The molecule has 188 valence electrons. The summed E-state index contributed by atoms with van der Waals surface area (Å²) >= 11 is 0. The normalized spacial score (nSPS) is 12.8. The summed E-state index contributed by atoms with van der Waals surface area (Å²) in [5, 5.41) is 10.9. The summed E-state index contributed by atoms with van der Waals surface area (Å²) in [6.07, 6.45) is 2.12. The molecule has 1 aliphatic rings. The van der Waals surface area contributed by atoms with Crippen LogP contribution in [0, 0.1) is 5.95 Å². The summed E-state index contributed by atoms with van der Waals surface area (Å²) < 4.78 is 20.0. The number of pyridine rings is 2. The van der Waals surface area contributed by atoms with Crippen LogP contribution in [0.1, 0.15) is 28.4 Å². The predicted molar refractivity (Wildman–Crippen MR) is 138 cm³/mol. The summed E-state index contributed by atoms with van der Waals surface area (Å²) in [4.78, 5) is 36.3. The standard InChI is InChI=1S/C28H25FN4O4/c1-3-33-26-21(28(36)32(2)22-9-11-24(29)31-27(22)33)14-17(16-30-26)12-13-37-23-10-8-18(15-25(34)35)19-6-4-5-7-20(19)23/h4-11,14,16H,3,12-13,15H2,1-2H3,(H,34,35). The number of fused-ring (bicyclic) bond motifs is 3. The molecule has 8 nitrogen and oxygen atoms in total. The Labute approximate surface area is 212 Å². The molecule has 5 rings (SSSR count). The minimum atomic E-state index is -0.889. The van der Waals surface area contributed by atoms with Gasteiger partial charge in [0, 0.05) is 31.6 Å². The van der Waals surface area contributed by atoms with Gasteiger partial charge in [-0.05, 0) is 47.7 Å². The van der Waals surface area contributed by atoms with Crippen LogP contribution < -0.4 is 14.5 Å². The van der Waals surface area contributed by atoms with Crippen molar-refractivity contribution in [1.29, 1.82) is 0 Å². The maximum atomic E-state index is 14.0. The first-order chi connectivity index (χ1) is 17.9. The molecule has 1 amide bonds. The van der Waals surface area contributed by atoms with Crippen molar-refractivity contribution in [2.75, 3.05) is 30.0 Å². The van der Waals surface area contributed by atoms with Crippen molar-refractivity contribution in [3.63, 3.8) is 0 Å². The molecule has 37 heavy (non-hydrogen) atoms. The van der Waals surface area contributed by atoms with Crippen LogP contribution in [0.5, 0.6) is 5.75 Å². The first kappa shape index (κ1) is 24.2. The zero-order valence-corrected chi connectivity index (χ0v) is 20.4. The highest BCUT2D eigenvalue weighted by Gasteiger charge is 2.31. The Morgan fingerprint density at radius 2 is 1.86 bits per heavy atom. The summed E-state index contributed by atoms with van der Waals surface area (Å²) in [5.74, 6) is -0.334. The van der Waals surface area contributed by atoms with Crippen LogP contribution in [-0.2, 0) is 17.6 Å². The molecule has 0 bridgehead atoms. The SMILES string of the molecule is CCN1c2ncc(CCOc3ccc(CC(=O)O)c4ccccc34)cc2C(=O)N(C)c2ccc(F)nc21. The Hall–Kier alpha value is -4.53. The first-order valence-corrected chi connectivity index (χ1v) is 11.9. The van der Waals surface area contributed by atoms with E-state index in [9.17, 15) is 19.1 Å². The summed E-state index contributed by atoms with van der Waals surface area (Å²) in [5.41, 5.74) is 2.45. The smallest absolute Gasteiger partial charge is 0.307 e. The van der Waals surface area contributed by atoms with Crippen LogP contribution in [-0.4, -0.2) is 47.2 Å². The Morgan fingerprint density at radius 1 is 1.08 bits per heavy atom. The van der Waals surface area contributed by atoms with Gasteiger partial charge in [0.25, 0.3) is 5.91 Å². The van der Waals surface area contributed by atoms with E-state index in [0.717, 1.165) is 21.9 Å². The molecule has 9 heteroatoms. The van der Waals surface area contributed by atoms with Gasteiger partial charge in [-0.2, -0.15) is 9.37 Å². The average Bonchev–Trinajstić information content (AvgIpc) is 2.97. The molecule has 0 fully saturated rings. The van der Waals surface area contributed by atoms with E-state index in [1.807, 2.05) is 31.2 Å². The predicted octanol–water partition coefficient (Wildman–Crippen LogP) is 4.77. The van der Waals surface area contributed by atoms with E-state index in [2.05, 4.69) is 9.97 Å². The number of halogens is 1. The summed E-state index contributed by atoms with van der Waals surface area (Å²) in [6.45, 7) is 2.68. The molecule has 0 aliphatic carbocycles. The molecule has 0 spiro atoms. The molecule has 0 saturated carbocycles. The van der Waals surface area contributed by atoms with Crippen LogP contribution in [0.4, 0.5) is 21.7 Å². The largest absolute Gasteiger partial charge is 0.493 e.